The Kier molecular flexibility index (Phi) is 4.74. The number of amides is 2. The first-order valence-electron chi connectivity index (χ1n) is 9.74. The molecule has 2 fully saturated rings. The van der Waals surface area contributed by atoms with Crippen molar-refractivity contribution >= 4 is 51.1 Å². The Morgan fingerprint density at radius 1 is 1.27 bits per heavy atom. The topological polar surface area (TPSA) is 100 Å². The summed E-state index contributed by atoms with van der Waals surface area (Å²) in [6, 6.07) is 10.4. The van der Waals surface area contributed by atoms with E-state index in [1.165, 1.54) is 0 Å². The summed E-state index contributed by atoms with van der Waals surface area (Å²) in [6.45, 7) is 0.606. The summed E-state index contributed by atoms with van der Waals surface area (Å²) in [6.07, 6.45) is 5.69. The number of imide groups is 1. The van der Waals surface area contributed by atoms with Gasteiger partial charge in [-0.3, -0.25) is 14.9 Å². The number of carbonyl (C=O) groups excluding carboxylic acids is 2. The van der Waals surface area contributed by atoms with Gasteiger partial charge in [-0.1, -0.05) is 34.1 Å². The van der Waals surface area contributed by atoms with Gasteiger partial charge in [-0.25, -0.2) is 4.98 Å². The molecule has 0 bridgehead atoms. The molecular weight excluding hydrogens is 448 g/mol. The van der Waals surface area contributed by atoms with E-state index in [4.69, 9.17) is 4.98 Å². The Labute approximate surface area is 180 Å². The van der Waals surface area contributed by atoms with Crippen LogP contribution in [-0.2, 0) is 16.1 Å². The molecule has 0 atom stereocenters. The molecule has 2 aromatic heterocycles. The van der Waals surface area contributed by atoms with Crippen LogP contribution in [0.1, 0.15) is 30.4 Å². The van der Waals surface area contributed by atoms with E-state index in [0.29, 0.717) is 35.2 Å². The van der Waals surface area contributed by atoms with E-state index < -0.39 is 0 Å². The number of hydrogen-bond acceptors (Lipinski definition) is 6. The van der Waals surface area contributed by atoms with Gasteiger partial charge in [-0.05, 0) is 30.5 Å². The first-order chi connectivity index (χ1) is 14.6. The summed E-state index contributed by atoms with van der Waals surface area (Å²) in [4.78, 5) is 28.2. The van der Waals surface area contributed by atoms with E-state index >= 15 is 0 Å². The van der Waals surface area contributed by atoms with Gasteiger partial charge in [-0.15, -0.1) is 0 Å². The lowest BCUT2D eigenvalue weighted by atomic mass is 10.1. The number of aromatic nitrogens is 3. The van der Waals surface area contributed by atoms with Gasteiger partial charge < -0.3 is 10.6 Å². The quantitative estimate of drug-likeness (QED) is 0.381. The van der Waals surface area contributed by atoms with Crippen molar-refractivity contribution in [1.82, 2.24) is 19.9 Å². The third-order valence-electron chi connectivity index (χ3n) is 5.07. The molecule has 8 nitrogen and oxygen atoms in total. The summed E-state index contributed by atoms with van der Waals surface area (Å²) >= 11 is 3.57. The van der Waals surface area contributed by atoms with Gasteiger partial charge in [0.15, 0.2) is 5.65 Å². The highest BCUT2D eigenvalue weighted by atomic mass is 79.9. The van der Waals surface area contributed by atoms with Gasteiger partial charge in [0, 0.05) is 34.3 Å². The average molecular weight is 467 g/mol. The molecule has 9 heteroatoms. The van der Waals surface area contributed by atoms with Crippen LogP contribution in [0, 0.1) is 0 Å². The maximum atomic E-state index is 11.9. The Morgan fingerprint density at radius 3 is 2.83 bits per heavy atom. The van der Waals surface area contributed by atoms with Crippen molar-refractivity contribution in [3.63, 3.8) is 0 Å². The van der Waals surface area contributed by atoms with Crippen LogP contribution in [0.4, 0.5) is 11.6 Å². The molecule has 1 saturated carbocycles. The molecule has 0 radical (unpaired) electrons. The molecule has 1 saturated heterocycles. The fourth-order valence-corrected chi connectivity index (χ4v) is 3.77. The standard InChI is InChI=1S/C21H19BrN6O2/c22-16-4-2-1-3-12(16)10-23-17-9-18(25-15-5-6-15)28-20(26-17)14(11-24-28)7-13-8-19(29)27-21(13)30/h1-4,7,9,11,15,25H,5-6,8,10H2,(H,23,26)(H,27,29,30)/b13-7+. The number of nitrogens with one attached hydrogen (secondary N) is 3. The second-order valence-corrected chi connectivity index (χ2v) is 8.30. The monoisotopic (exact) mass is 466 g/mol. The van der Waals surface area contributed by atoms with Crippen LogP contribution in [0.2, 0.25) is 0 Å². The lowest BCUT2D eigenvalue weighted by Crippen LogP contribution is -2.19. The van der Waals surface area contributed by atoms with Crippen LogP contribution in [0.3, 0.4) is 0 Å². The predicted octanol–water partition coefficient (Wildman–Crippen LogP) is 3.11. The zero-order valence-electron chi connectivity index (χ0n) is 16.0. The van der Waals surface area contributed by atoms with E-state index in [-0.39, 0.29) is 18.2 Å². The van der Waals surface area contributed by atoms with Crippen molar-refractivity contribution < 1.29 is 9.59 Å². The van der Waals surface area contributed by atoms with Crippen molar-refractivity contribution in [2.75, 3.05) is 10.6 Å². The molecule has 2 amide bonds. The van der Waals surface area contributed by atoms with Crippen molar-refractivity contribution in [1.29, 1.82) is 0 Å². The fraction of sp³-hybridized carbons (Fsp3) is 0.238. The van der Waals surface area contributed by atoms with Gasteiger partial charge in [0.25, 0.3) is 5.91 Å². The minimum atomic E-state index is -0.362. The molecule has 1 aromatic carbocycles. The van der Waals surface area contributed by atoms with E-state index in [9.17, 15) is 9.59 Å². The highest BCUT2D eigenvalue weighted by Crippen LogP contribution is 2.28. The molecule has 0 unspecified atom stereocenters. The summed E-state index contributed by atoms with van der Waals surface area (Å²) in [5.74, 6) is 0.892. The van der Waals surface area contributed by atoms with Gasteiger partial charge in [0.2, 0.25) is 5.91 Å². The first-order valence-corrected chi connectivity index (χ1v) is 10.5. The molecule has 1 aliphatic heterocycles. The molecule has 30 heavy (non-hydrogen) atoms. The van der Waals surface area contributed by atoms with Gasteiger partial charge in [0.05, 0.1) is 12.6 Å². The molecular formula is C21H19BrN6O2. The zero-order chi connectivity index (χ0) is 20.7. The lowest BCUT2D eigenvalue weighted by molar-refractivity contribution is -0.124. The highest BCUT2D eigenvalue weighted by molar-refractivity contribution is 9.10. The number of halogens is 1. The van der Waals surface area contributed by atoms with E-state index in [0.717, 1.165) is 28.7 Å². The van der Waals surface area contributed by atoms with Gasteiger partial charge >= 0.3 is 0 Å². The fourth-order valence-electron chi connectivity index (χ4n) is 3.35. The van der Waals surface area contributed by atoms with E-state index in [1.807, 2.05) is 30.3 Å². The van der Waals surface area contributed by atoms with Gasteiger partial charge in [-0.2, -0.15) is 9.61 Å². The van der Waals surface area contributed by atoms with E-state index in [1.54, 1.807) is 16.8 Å². The van der Waals surface area contributed by atoms with Crippen LogP contribution in [0.25, 0.3) is 11.7 Å². The van der Waals surface area contributed by atoms with Crippen molar-refractivity contribution in [2.24, 2.45) is 0 Å². The Morgan fingerprint density at radius 2 is 2.10 bits per heavy atom. The van der Waals surface area contributed by atoms with Crippen molar-refractivity contribution in [2.45, 2.75) is 31.8 Å². The SMILES string of the molecule is O=C1C/C(=C\c2cnn3c(NC4CC4)cc(NCc4ccccc4Br)nc23)C(=O)N1. The normalized spacial score (nSPS) is 17.6. The number of rotatable bonds is 6. The summed E-state index contributed by atoms with van der Waals surface area (Å²) < 4.78 is 2.77. The largest absolute Gasteiger partial charge is 0.367 e. The summed E-state index contributed by atoms with van der Waals surface area (Å²) in [5, 5.41) is 13.6. The molecule has 0 spiro atoms. The van der Waals surface area contributed by atoms with Crippen molar-refractivity contribution in [3.8, 4) is 0 Å². The minimum absolute atomic E-state index is 0.0727. The second-order valence-electron chi connectivity index (χ2n) is 7.45. The Hall–Kier alpha value is -3.20. The molecule has 5 rings (SSSR count). The Balaban J connectivity index is 1.51. The summed E-state index contributed by atoms with van der Waals surface area (Å²) in [5.41, 5.74) is 2.85. The molecule has 2 aliphatic rings. The molecule has 3 aromatic rings. The predicted molar refractivity (Wildman–Crippen MR) is 117 cm³/mol. The third-order valence-corrected chi connectivity index (χ3v) is 5.85. The zero-order valence-corrected chi connectivity index (χ0v) is 17.6. The van der Waals surface area contributed by atoms with Gasteiger partial charge in [0.1, 0.15) is 11.6 Å². The number of hydrogen-bond donors (Lipinski definition) is 3. The van der Waals surface area contributed by atoms with Crippen LogP contribution < -0.4 is 16.0 Å². The number of benzene rings is 1. The maximum Gasteiger partial charge on any atom is 0.254 e. The number of carbonyl (C=O) groups is 2. The molecule has 152 valence electrons. The van der Waals surface area contributed by atoms with Crippen LogP contribution in [-0.4, -0.2) is 32.5 Å². The highest BCUT2D eigenvalue weighted by Gasteiger charge is 2.25. The number of fused-ring (bicyclic) bond motifs is 1. The van der Waals surface area contributed by atoms with Crippen LogP contribution >= 0.6 is 15.9 Å². The second kappa shape index (κ2) is 7.56. The smallest absolute Gasteiger partial charge is 0.254 e. The third kappa shape index (κ3) is 3.80. The Bertz CT molecular complexity index is 1200. The molecule has 3 heterocycles. The summed E-state index contributed by atoms with van der Waals surface area (Å²) in [7, 11) is 0. The molecule has 3 N–H and O–H groups in total. The minimum Gasteiger partial charge on any atom is -0.367 e. The maximum absolute atomic E-state index is 11.9. The number of nitrogens with zero attached hydrogens (tertiary/aromatic N) is 3. The first kappa shape index (κ1) is 18.8. The van der Waals surface area contributed by atoms with Crippen molar-refractivity contribution in [3.05, 3.63) is 57.7 Å². The van der Waals surface area contributed by atoms with Crippen LogP contribution in [0.15, 0.2) is 46.6 Å². The lowest BCUT2D eigenvalue weighted by Gasteiger charge is -2.12. The molecule has 1 aliphatic carbocycles. The average Bonchev–Trinajstić information content (AvgIpc) is 3.36. The van der Waals surface area contributed by atoms with E-state index in [2.05, 4.69) is 37.0 Å². The van der Waals surface area contributed by atoms with Crippen LogP contribution in [0.5, 0.6) is 0 Å². The number of anilines is 2.